The number of hydrogen-bond donors (Lipinski definition) is 2. The molecule has 0 saturated heterocycles. The zero-order valence-corrected chi connectivity index (χ0v) is 13.5. The van der Waals surface area contributed by atoms with Crippen LogP contribution in [-0.2, 0) is 21.1 Å². The number of benzene rings is 1. The Kier molecular flexibility index (Phi) is 3.99. The van der Waals surface area contributed by atoms with Crippen LogP contribution in [-0.4, -0.2) is 33.2 Å². The molecule has 1 aromatic carbocycles. The molecule has 0 spiro atoms. The second-order valence-electron chi connectivity index (χ2n) is 6.49. The molecule has 0 radical (unpaired) electrons. The molecule has 0 aliphatic heterocycles. The zero-order valence-electron chi connectivity index (χ0n) is 12.7. The molecule has 6 heteroatoms. The van der Waals surface area contributed by atoms with E-state index in [0.29, 0.717) is 29.7 Å². The molecule has 0 unspecified atom stereocenters. The molecule has 0 heterocycles. The van der Waals surface area contributed by atoms with Crippen LogP contribution in [0.4, 0.5) is 0 Å². The molecule has 3 N–H and O–H groups in total. The maximum atomic E-state index is 12.2. The number of carbonyl (C=O) groups excluding carboxylic acids is 1. The first kappa shape index (κ1) is 15.5. The van der Waals surface area contributed by atoms with E-state index in [0.717, 1.165) is 18.4 Å². The summed E-state index contributed by atoms with van der Waals surface area (Å²) in [6.45, 7) is 0.453. The van der Waals surface area contributed by atoms with Crippen molar-refractivity contribution in [1.29, 1.82) is 0 Å². The van der Waals surface area contributed by atoms with Gasteiger partial charge in [-0.25, -0.2) is 8.42 Å². The first-order valence-electron chi connectivity index (χ1n) is 7.69. The molecular formula is C16H22N2O3S. The van der Waals surface area contributed by atoms with Crippen molar-refractivity contribution in [3.8, 4) is 0 Å². The van der Waals surface area contributed by atoms with Crippen LogP contribution in [0.5, 0.6) is 0 Å². The number of sulfone groups is 1. The molecule has 3 rings (SSSR count). The van der Waals surface area contributed by atoms with Crippen molar-refractivity contribution in [3.05, 3.63) is 29.8 Å². The highest BCUT2D eigenvalue weighted by Crippen LogP contribution is 2.54. The van der Waals surface area contributed by atoms with Gasteiger partial charge in [0.2, 0.25) is 5.91 Å². The van der Waals surface area contributed by atoms with E-state index in [1.54, 1.807) is 18.2 Å². The molecule has 1 aromatic rings. The van der Waals surface area contributed by atoms with Crippen molar-refractivity contribution < 1.29 is 13.2 Å². The van der Waals surface area contributed by atoms with Crippen LogP contribution >= 0.6 is 0 Å². The molecular weight excluding hydrogens is 300 g/mol. The minimum Gasteiger partial charge on any atom is -0.356 e. The smallest absolute Gasteiger partial charge is 0.223 e. The van der Waals surface area contributed by atoms with E-state index in [9.17, 15) is 13.2 Å². The summed E-state index contributed by atoms with van der Waals surface area (Å²) >= 11 is 0. The average molecular weight is 322 g/mol. The van der Waals surface area contributed by atoms with Crippen molar-refractivity contribution in [1.82, 2.24) is 5.32 Å². The van der Waals surface area contributed by atoms with Crippen molar-refractivity contribution in [2.24, 2.45) is 23.5 Å². The van der Waals surface area contributed by atoms with Crippen LogP contribution in [0.3, 0.4) is 0 Å². The lowest BCUT2D eigenvalue weighted by Crippen LogP contribution is -2.34. The van der Waals surface area contributed by atoms with E-state index in [1.807, 2.05) is 6.07 Å². The molecule has 2 saturated carbocycles. The summed E-state index contributed by atoms with van der Waals surface area (Å²) in [6.07, 6.45) is 3.58. The third kappa shape index (κ3) is 3.03. The van der Waals surface area contributed by atoms with Crippen molar-refractivity contribution in [2.45, 2.75) is 30.2 Å². The van der Waals surface area contributed by atoms with E-state index >= 15 is 0 Å². The summed E-state index contributed by atoms with van der Waals surface area (Å²) in [5, 5.41) is 2.94. The molecule has 2 fully saturated rings. The highest BCUT2D eigenvalue weighted by Gasteiger charge is 2.55. The summed E-state index contributed by atoms with van der Waals surface area (Å²) in [6, 6.07) is 7.11. The Morgan fingerprint density at radius 2 is 2.00 bits per heavy atom. The lowest BCUT2D eigenvalue weighted by molar-refractivity contribution is -0.125. The van der Waals surface area contributed by atoms with Crippen LogP contribution < -0.4 is 11.1 Å². The van der Waals surface area contributed by atoms with Gasteiger partial charge < -0.3 is 11.1 Å². The lowest BCUT2D eigenvalue weighted by Gasteiger charge is -2.14. The summed E-state index contributed by atoms with van der Waals surface area (Å²) in [5.74, 6) is 1.13. The Balaban J connectivity index is 1.57. The van der Waals surface area contributed by atoms with Gasteiger partial charge in [0, 0.05) is 24.8 Å². The van der Waals surface area contributed by atoms with Gasteiger partial charge in [-0.2, -0.15) is 0 Å². The molecule has 1 amide bonds. The maximum Gasteiger partial charge on any atom is 0.223 e. The third-order valence-electron chi connectivity index (χ3n) is 4.89. The van der Waals surface area contributed by atoms with Crippen LogP contribution in [0, 0.1) is 17.8 Å². The van der Waals surface area contributed by atoms with E-state index in [-0.39, 0.29) is 17.9 Å². The highest BCUT2D eigenvalue weighted by molar-refractivity contribution is 7.90. The number of nitrogens with one attached hydrogen (secondary N) is 1. The third-order valence-corrected chi connectivity index (χ3v) is 6.08. The molecule has 120 valence electrons. The Morgan fingerprint density at radius 3 is 2.59 bits per heavy atom. The second-order valence-corrected chi connectivity index (χ2v) is 8.47. The van der Waals surface area contributed by atoms with Gasteiger partial charge in [0.1, 0.15) is 0 Å². The van der Waals surface area contributed by atoms with E-state index < -0.39 is 9.84 Å². The van der Waals surface area contributed by atoms with Gasteiger partial charge in [0.15, 0.2) is 9.84 Å². The number of hydrogen-bond acceptors (Lipinski definition) is 4. The summed E-state index contributed by atoms with van der Waals surface area (Å²) in [5.41, 5.74) is 6.74. The lowest BCUT2D eigenvalue weighted by atomic mass is 10.0. The number of amides is 1. The molecule has 0 aromatic heterocycles. The summed E-state index contributed by atoms with van der Waals surface area (Å²) in [4.78, 5) is 12.6. The van der Waals surface area contributed by atoms with E-state index in [1.165, 1.54) is 6.26 Å². The van der Waals surface area contributed by atoms with Crippen LogP contribution in [0.1, 0.15) is 18.4 Å². The SMILES string of the molecule is CS(=O)(=O)c1ccccc1CCNC(=O)[C@@H]1C[C@H](N)[C@H]2C[C@H]21. The Labute approximate surface area is 131 Å². The van der Waals surface area contributed by atoms with E-state index in [4.69, 9.17) is 5.73 Å². The average Bonchev–Trinajstić information content (AvgIpc) is 3.18. The van der Waals surface area contributed by atoms with Gasteiger partial charge in [-0.15, -0.1) is 0 Å². The summed E-state index contributed by atoms with van der Waals surface area (Å²) in [7, 11) is -3.24. The molecule has 2 aliphatic rings. The minimum absolute atomic E-state index is 0.0464. The topological polar surface area (TPSA) is 89.3 Å². The molecule has 22 heavy (non-hydrogen) atoms. The first-order valence-corrected chi connectivity index (χ1v) is 9.58. The van der Waals surface area contributed by atoms with Crippen LogP contribution in [0.15, 0.2) is 29.2 Å². The molecule has 5 nitrogen and oxygen atoms in total. The fraction of sp³-hybridized carbons (Fsp3) is 0.562. The van der Waals surface area contributed by atoms with Gasteiger partial charge in [0.25, 0.3) is 0 Å². The van der Waals surface area contributed by atoms with Crippen LogP contribution in [0.2, 0.25) is 0 Å². The fourth-order valence-corrected chi connectivity index (χ4v) is 4.63. The van der Waals surface area contributed by atoms with Crippen molar-refractivity contribution >= 4 is 15.7 Å². The molecule has 0 bridgehead atoms. The van der Waals surface area contributed by atoms with Gasteiger partial charge in [-0.3, -0.25) is 4.79 Å². The number of nitrogens with two attached hydrogens (primary N) is 1. The second kappa shape index (κ2) is 5.66. The number of rotatable bonds is 5. The molecule has 2 aliphatic carbocycles. The summed E-state index contributed by atoms with van der Waals surface area (Å²) < 4.78 is 23.5. The highest BCUT2D eigenvalue weighted by atomic mass is 32.2. The maximum absolute atomic E-state index is 12.2. The van der Waals surface area contributed by atoms with E-state index in [2.05, 4.69) is 5.32 Å². The normalized spacial score (nSPS) is 29.9. The van der Waals surface area contributed by atoms with Crippen LogP contribution in [0.25, 0.3) is 0 Å². The van der Waals surface area contributed by atoms with Gasteiger partial charge >= 0.3 is 0 Å². The predicted octanol–water partition coefficient (Wildman–Crippen LogP) is 0.732. The largest absolute Gasteiger partial charge is 0.356 e. The predicted molar refractivity (Wildman–Crippen MR) is 83.9 cm³/mol. The Morgan fingerprint density at radius 1 is 1.27 bits per heavy atom. The Bertz CT molecular complexity index is 686. The molecule has 4 atom stereocenters. The van der Waals surface area contributed by atoms with Gasteiger partial charge in [0.05, 0.1) is 4.90 Å². The standard InChI is InChI=1S/C16H22N2O3S/c1-22(20,21)15-5-3-2-4-10(15)6-7-18-16(19)13-9-14(17)12-8-11(12)13/h2-5,11-14H,6-9,17H2,1H3,(H,18,19)/t11-,12+,13-,14+/m1/s1. The zero-order chi connectivity index (χ0) is 15.9. The number of fused-ring (bicyclic) bond motifs is 1. The quantitative estimate of drug-likeness (QED) is 0.836. The van der Waals surface area contributed by atoms with Gasteiger partial charge in [-0.05, 0) is 42.7 Å². The Hall–Kier alpha value is -1.40. The minimum atomic E-state index is -3.24. The van der Waals surface area contributed by atoms with Crippen molar-refractivity contribution in [3.63, 3.8) is 0 Å². The van der Waals surface area contributed by atoms with Gasteiger partial charge in [-0.1, -0.05) is 18.2 Å². The van der Waals surface area contributed by atoms with Crippen molar-refractivity contribution in [2.75, 3.05) is 12.8 Å². The fourth-order valence-electron chi connectivity index (χ4n) is 3.66. The number of carbonyl (C=O) groups is 1. The first-order chi connectivity index (χ1) is 10.4. The monoisotopic (exact) mass is 322 g/mol.